The molecule has 50 heavy (non-hydrogen) atoms. The molecule has 10 rings (SSSR count). The van der Waals surface area contributed by atoms with Gasteiger partial charge in [0.25, 0.3) is 0 Å². The van der Waals surface area contributed by atoms with E-state index in [-0.39, 0.29) is 0 Å². The molecule has 10 aromatic rings. The highest BCUT2D eigenvalue weighted by Gasteiger charge is 2.10. The first-order chi connectivity index (χ1) is 24.7. The summed E-state index contributed by atoms with van der Waals surface area (Å²) in [7, 11) is 0. The van der Waals surface area contributed by atoms with Crippen LogP contribution in [-0.4, -0.2) is 24.9 Å². The number of aromatic nitrogens is 5. The lowest BCUT2D eigenvalue weighted by Gasteiger charge is -2.10. The van der Waals surface area contributed by atoms with Gasteiger partial charge in [-0.1, -0.05) is 84.9 Å². The average Bonchev–Trinajstić information content (AvgIpc) is 3.19. The van der Waals surface area contributed by atoms with E-state index in [0.717, 1.165) is 99.3 Å². The van der Waals surface area contributed by atoms with Crippen molar-refractivity contribution in [1.82, 2.24) is 24.9 Å². The molecule has 0 amide bonds. The maximum absolute atomic E-state index is 5.14. The SMILES string of the molecule is c1cncc(-c2ccc3ccc(-c4ccc5ccc(-c6ccc7cc(-c8ccc9ccc%10cccnc%10c9n8)ccc7c6)nc5c4)cc3n2)c1. The lowest BCUT2D eigenvalue weighted by Crippen LogP contribution is -1.90. The fourth-order valence-electron chi connectivity index (χ4n) is 6.88. The Morgan fingerprint density at radius 1 is 0.320 bits per heavy atom. The Kier molecular flexibility index (Phi) is 6.42. The van der Waals surface area contributed by atoms with Crippen molar-refractivity contribution in [3.63, 3.8) is 0 Å². The van der Waals surface area contributed by atoms with E-state index in [1.165, 1.54) is 0 Å². The molecule has 0 bridgehead atoms. The molecule has 0 atom stereocenters. The molecule has 232 valence electrons. The van der Waals surface area contributed by atoms with Crippen molar-refractivity contribution in [2.45, 2.75) is 0 Å². The quantitative estimate of drug-likeness (QED) is 0.180. The summed E-state index contributed by atoms with van der Waals surface area (Å²) in [6, 6.07) is 50.9. The largest absolute Gasteiger partial charge is 0.264 e. The molecule has 0 unspecified atom stereocenters. The minimum atomic E-state index is 0.913. The molecule has 0 saturated heterocycles. The Bertz CT molecular complexity index is 2940. The smallest absolute Gasteiger partial charge is 0.0972 e. The van der Waals surface area contributed by atoms with Crippen molar-refractivity contribution < 1.29 is 0 Å². The van der Waals surface area contributed by atoms with Crippen LogP contribution in [0.2, 0.25) is 0 Å². The molecule has 5 aromatic heterocycles. The molecule has 0 aliphatic heterocycles. The van der Waals surface area contributed by atoms with Crippen LogP contribution in [-0.2, 0) is 0 Å². The van der Waals surface area contributed by atoms with Gasteiger partial charge in [0.2, 0.25) is 0 Å². The monoisotopic (exact) mass is 637 g/mol. The lowest BCUT2D eigenvalue weighted by atomic mass is 9.99. The number of fused-ring (bicyclic) bond motifs is 6. The van der Waals surface area contributed by atoms with Crippen molar-refractivity contribution in [2.75, 3.05) is 0 Å². The van der Waals surface area contributed by atoms with E-state index in [4.69, 9.17) is 15.0 Å². The lowest BCUT2D eigenvalue weighted by molar-refractivity contribution is 1.30. The Morgan fingerprint density at radius 2 is 0.820 bits per heavy atom. The molecular weight excluding hydrogens is 611 g/mol. The minimum absolute atomic E-state index is 0.913. The Labute approximate surface area is 287 Å². The summed E-state index contributed by atoms with van der Waals surface area (Å²) in [6.07, 6.45) is 5.46. The van der Waals surface area contributed by atoms with E-state index in [1.54, 1.807) is 6.20 Å². The van der Waals surface area contributed by atoms with Crippen LogP contribution in [0.5, 0.6) is 0 Å². The van der Waals surface area contributed by atoms with Crippen molar-refractivity contribution in [3.8, 4) is 44.9 Å². The summed E-state index contributed by atoms with van der Waals surface area (Å²) in [5.74, 6) is 0. The van der Waals surface area contributed by atoms with Gasteiger partial charge in [0.15, 0.2) is 0 Å². The summed E-state index contributed by atoms with van der Waals surface area (Å²) in [5.41, 5.74) is 11.9. The first kappa shape index (κ1) is 28.2. The third-order valence-corrected chi connectivity index (χ3v) is 9.54. The van der Waals surface area contributed by atoms with Crippen LogP contribution in [0.25, 0.3) is 99.3 Å². The average molecular weight is 638 g/mol. The topological polar surface area (TPSA) is 64.5 Å². The summed E-state index contributed by atoms with van der Waals surface area (Å²) in [5, 5.41) is 6.70. The zero-order valence-electron chi connectivity index (χ0n) is 26.8. The normalized spacial score (nSPS) is 11.6. The van der Waals surface area contributed by atoms with E-state index in [0.29, 0.717) is 0 Å². The molecule has 0 aliphatic carbocycles. The van der Waals surface area contributed by atoms with Gasteiger partial charge in [0, 0.05) is 56.8 Å². The molecule has 5 nitrogen and oxygen atoms in total. The molecular formula is C45H27N5. The van der Waals surface area contributed by atoms with E-state index < -0.39 is 0 Å². The second-order valence-corrected chi connectivity index (χ2v) is 12.6. The van der Waals surface area contributed by atoms with Crippen LogP contribution >= 0.6 is 0 Å². The second-order valence-electron chi connectivity index (χ2n) is 12.6. The van der Waals surface area contributed by atoms with Gasteiger partial charge in [-0.15, -0.1) is 0 Å². The molecule has 5 heterocycles. The molecule has 0 aliphatic rings. The fraction of sp³-hybridized carbons (Fsp3) is 0. The predicted octanol–water partition coefficient (Wildman–Crippen LogP) is 11.1. The van der Waals surface area contributed by atoms with Crippen LogP contribution in [0, 0.1) is 0 Å². The van der Waals surface area contributed by atoms with E-state index in [2.05, 4.69) is 131 Å². The third-order valence-electron chi connectivity index (χ3n) is 9.54. The van der Waals surface area contributed by atoms with Gasteiger partial charge in [-0.3, -0.25) is 9.97 Å². The first-order valence-corrected chi connectivity index (χ1v) is 16.6. The van der Waals surface area contributed by atoms with Crippen molar-refractivity contribution in [1.29, 1.82) is 0 Å². The van der Waals surface area contributed by atoms with Gasteiger partial charge in [-0.2, -0.15) is 0 Å². The minimum Gasteiger partial charge on any atom is -0.264 e. The Balaban J connectivity index is 0.978. The zero-order chi connectivity index (χ0) is 33.0. The third kappa shape index (κ3) is 4.92. The highest BCUT2D eigenvalue weighted by atomic mass is 14.8. The summed E-state index contributed by atoms with van der Waals surface area (Å²) < 4.78 is 0. The number of hydrogen-bond donors (Lipinski definition) is 0. The van der Waals surface area contributed by atoms with Crippen LogP contribution in [0.3, 0.4) is 0 Å². The molecule has 0 fully saturated rings. The zero-order valence-corrected chi connectivity index (χ0v) is 26.8. The molecule has 0 N–H and O–H groups in total. The van der Waals surface area contributed by atoms with Gasteiger partial charge < -0.3 is 0 Å². The van der Waals surface area contributed by atoms with Gasteiger partial charge in [-0.05, 0) is 82.6 Å². The van der Waals surface area contributed by atoms with Crippen LogP contribution in [0.4, 0.5) is 0 Å². The van der Waals surface area contributed by atoms with Gasteiger partial charge >= 0.3 is 0 Å². The molecule has 0 spiro atoms. The van der Waals surface area contributed by atoms with Crippen LogP contribution in [0.1, 0.15) is 0 Å². The highest BCUT2D eigenvalue weighted by Crippen LogP contribution is 2.32. The highest BCUT2D eigenvalue weighted by molar-refractivity contribution is 6.03. The maximum Gasteiger partial charge on any atom is 0.0972 e. The summed E-state index contributed by atoms with van der Waals surface area (Å²) >= 11 is 0. The van der Waals surface area contributed by atoms with E-state index in [9.17, 15) is 0 Å². The molecule has 5 aromatic carbocycles. The number of hydrogen-bond acceptors (Lipinski definition) is 5. The fourth-order valence-corrected chi connectivity index (χ4v) is 6.88. The Morgan fingerprint density at radius 3 is 1.46 bits per heavy atom. The number of nitrogens with zero attached hydrogens (tertiary/aromatic N) is 5. The summed E-state index contributed by atoms with van der Waals surface area (Å²) in [6.45, 7) is 0. The summed E-state index contributed by atoms with van der Waals surface area (Å²) in [4.78, 5) is 24.0. The molecule has 0 saturated carbocycles. The first-order valence-electron chi connectivity index (χ1n) is 16.6. The maximum atomic E-state index is 5.14. The standard InChI is InChI=1S/C45H27N5/c1-4-38(27-46-21-1)41-19-16-29-6-10-35(26-43(29)49-41)34-9-5-28-15-18-39(48-42(28)25-34)36-13-11-33-24-37(14-12-32(33)23-36)40-20-17-31-8-7-30-3-2-22-47-44(30)45(31)50-40/h1-27H. The van der Waals surface area contributed by atoms with Crippen molar-refractivity contribution >= 4 is 54.4 Å². The van der Waals surface area contributed by atoms with E-state index >= 15 is 0 Å². The molecule has 5 heteroatoms. The van der Waals surface area contributed by atoms with Crippen LogP contribution < -0.4 is 0 Å². The Hall–Kier alpha value is -6.85. The van der Waals surface area contributed by atoms with Gasteiger partial charge in [0.1, 0.15) is 0 Å². The van der Waals surface area contributed by atoms with Crippen molar-refractivity contribution in [3.05, 3.63) is 164 Å². The predicted molar refractivity (Wildman–Crippen MR) is 205 cm³/mol. The van der Waals surface area contributed by atoms with Gasteiger partial charge in [0.05, 0.1) is 39.1 Å². The number of rotatable bonds is 4. The number of pyridine rings is 5. The van der Waals surface area contributed by atoms with Crippen molar-refractivity contribution in [2.24, 2.45) is 0 Å². The van der Waals surface area contributed by atoms with E-state index in [1.807, 2.05) is 36.7 Å². The van der Waals surface area contributed by atoms with Gasteiger partial charge in [-0.25, -0.2) is 15.0 Å². The number of benzene rings is 5. The van der Waals surface area contributed by atoms with Crippen LogP contribution in [0.15, 0.2) is 164 Å². The molecule has 0 radical (unpaired) electrons. The second kappa shape index (κ2) is 11.4.